The van der Waals surface area contributed by atoms with Crippen molar-refractivity contribution in [2.24, 2.45) is 15.7 Å². The second kappa shape index (κ2) is 6.23. The molecule has 0 atom stereocenters. The highest BCUT2D eigenvalue weighted by molar-refractivity contribution is 6.32. The first-order valence-electron chi connectivity index (χ1n) is 6.03. The molecule has 108 valence electrons. The van der Waals surface area contributed by atoms with Crippen LogP contribution in [0.15, 0.2) is 40.4 Å². The minimum absolute atomic E-state index is 0.00886. The number of amidine groups is 1. The Labute approximate surface area is 126 Å². The van der Waals surface area contributed by atoms with Crippen LogP contribution in [-0.2, 0) is 0 Å². The van der Waals surface area contributed by atoms with E-state index in [2.05, 4.69) is 26.9 Å². The fraction of sp³-hybridized carbons (Fsp3) is 0.0714. The van der Waals surface area contributed by atoms with Crippen LogP contribution in [0.1, 0.15) is 18.2 Å². The quantitative estimate of drug-likeness (QED) is 0.598. The molecular weight excluding hydrogens is 290 g/mol. The van der Waals surface area contributed by atoms with E-state index in [1.54, 1.807) is 31.3 Å². The predicted molar refractivity (Wildman–Crippen MR) is 85.4 cm³/mol. The van der Waals surface area contributed by atoms with Crippen molar-refractivity contribution in [1.29, 1.82) is 0 Å². The Hall–Kier alpha value is -2.60. The van der Waals surface area contributed by atoms with Crippen LogP contribution < -0.4 is 5.73 Å². The second-order valence-electron chi connectivity index (χ2n) is 4.25. The number of nitrogens with two attached hydrogens (primary N) is 1. The molecule has 0 aliphatic rings. The first-order valence-corrected chi connectivity index (χ1v) is 6.41. The van der Waals surface area contributed by atoms with Crippen LogP contribution in [-0.4, -0.2) is 27.9 Å². The summed E-state index contributed by atoms with van der Waals surface area (Å²) in [5, 5.41) is 16.4. The molecule has 4 N–H and O–H groups in total. The average molecular weight is 304 g/mol. The number of aliphatic imine (C=N–C) groups is 2. The molecule has 0 unspecified atom stereocenters. The van der Waals surface area contributed by atoms with Gasteiger partial charge in [-0.1, -0.05) is 11.6 Å². The fourth-order valence-corrected chi connectivity index (χ4v) is 1.94. The number of phenolic OH excluding ortho intramolecular Hbond substituents is 1. The van der Waals surface area contributed by atoms with Crippen molar-refractivity contribution in [3.05, 3.63) is 46.7 Å². The van der Waals surface area contributed by atoms with E-state index in [1.165, 1.54) is 6.07 Å². The molecule has 2 rings (SSSR count). The lowest BCUT2D eigenvalue weighted by atomic mass is 10.1. The minimum Gasteiger partial charge on any atom is -0.506 e. The van der Waals surface area contributed by atoms with Crippen molar-refractivity contribution in [3.8, 4) is 5.75 Å². The Kier molecular flexibility index (Phi) is 4.39. The zero-order chi connectivity index (χ0) is 15.4. The third-order valence-corrected chi connectivity index (χ3v) is 2.95. The standard InChI is InChI=1S/C14H14ClN5O/c1-8(16)19-14(11-5-6-18-20-11)13(17-2)9-3-4-12(21)10(15)7-9/h3-7,21H,2H2,1H3,(H2,16,19)(H,18,20)/b14-13-. The Morgan fingerprint density at radius 2 is 2.14 bits per heavy atom. The largest absolute Gasteiger partial charge is 0.506 e. The zero-order valence-corrected chi connectivity index (χ0v) is 12.1. The molecule has 0 saturated heterocycles. The van der Waals surface area contributed by atoms with E-state index in [-0.39, 0.29) is 10.8 Å². The van der Waals surface area contributed by atoms with Crippen molar-refractivity contribution >= 4 is 35.5 Å². The maximum absolute atomic E-state index is 9.51. The number of phenols is 1. The summed E-state index contributed by atoms with van der Waals surface area (Å²) in [7, 11) is 0. The monoisotopic (exact) mass is 303 g/mol. The number of H-pyrrole nitrogens is 1. The maximum Gasteiger partial charge on any atom is 0.134 e. The first kappa shape index (κ1) is 14.8. The Bertz CT molecular complexity index is 715. The normalized spacial score (nSPS) is 13.0. The highest BCUT2D eigenvalue weighted by atomic mass is 35.5. The number of hydrogen-bond donors (Lipinski definition) is 3. The summed E-state index contributed by atoms with van der Waals surface area (Å²) in [6.07, 6.45) is 1.60. The molecule has 1 aromatic carbocycles. The van der Waals surface area contributed by atoms with Crippen LogP contribution in [0.2, 0.25) is 5.02 Å². The fourth-order valence-electron chi connectivity index (χ4n) is 1.76. The van der Waals surface area contributed by atoms with Gasteiger partial charge in [0.15, 0.2) is 0 Å². The van der Waals surface area contributed by atoms with Crippen molar-refractivity contribution < 1.29 is 5.11 Å². The van der Waals surface area contributed by atoms with Gasteiger partial charge in [0.1, 0.15) is 11.4 Å². The van der Waals surface area contributed by atoms with E-state index in [0.717, 1.165) is 0 Å². The SMILES string of the molecule is C=N/C(=C(\N=C(/C)N)c1ccn[nH]1)c1ccc(O)c(Cl)c1. The number of aromatic hydroxyl groups is 1. The lowest BCUT2D eigenvalue weighted by Gasteiger charge is -2.08. The van der Waals surface area contributed by atoms with Gasteiger partial charge in [0.25, 0.3) is 0 Å². The van der Waals surface area contributed by atoms with Gasteiger partial charge in [0.2, 0.25) is 0 Å². The minimum atomic E-state index is -0.00886. The van der Waals surface area contributed by atoms with Crippen LogP contribution in [0.5, 0.6) is 5.75 Å². The smallest absolute Gasteiger partial charge is 0.134 e. The number of aromatic amines is 1. The van der Waals surface area contributed by atoms with Gasteiger partial charge in [-0.15, -0.1) is 0 Å². The summed E-state index contributed by atoms with van der Waals surface area (Å²) in [6.45, 7) is 5.24. The van der Waals surface area contributed by atoms with E-state index in [9.17, 15) is 5.11 Å². The van der Waals surface area contributed by atoms with E-state index >= 15 is 0 Å². The van der Waals surface area contributed by atoms with Gasteiger partial charge in [0, 0.05) is 11.8 Å². The molecule has 21 heavy (non-hydrogen) atoms. The van der Waals surface area contributed by atoms with Gasteiger partial charge in [0.05, 0.1) is 22.2 Å². The van der Waals surface area contributed by atoms with E-state index in [1.807, 2.05) is 0 Å². The highest BCUT2D eigenvalue weighted by Gasteiger charge is 2.13. The molecule has 0 bridgehead atoms. The third kappa shape index (κ3) is 3.29. The highest BCUT2D eigenvalue weighted by Crippen LogP contribution is 2.32. The van der Waals surface area contributed by atoms with E-state index in [4.69, 9.17) is 17.3 Å². The van der Waals surface area contributed by atoms with Gasteiger partial charge in [-0.05, 0) is 37.9 Å². The first-order chi connectivity index (χ1) is 10.0. The lowest BCUT2D eigenvalue weighted by Crippen LogP contribution is -2.06. The third-order valence-electron chi connectivity index (χ3n) is 2.65. The van der Waals surface area contributed by atoms with Gasteiger partial charge in [-0.2, -0.15) is 5.10 Å². The predicted octanol–water partition coefficient (Wildman–Crippen LogP) is 2.67. The number of halogens is 1. The topological polar surface area (TPSA) is 99.6 Å². The second-order valence-corrected chi connectivity index (χ2v) is 4.65. The van der Waals surface area contributed by atoms with Crippen molar-refractivity contribution in [2.45, 2.75) is 6.92 Å². The number of hydrogen-bond acceptors (Lipinski definition) is 4. The van der Waals surface area contributed by atoms with Crippen LogP contribution >= 0.6 is 11.6 Å². The summed E-state index contributed by atoms with van der Waals surface area (Å²) < 4.78 is 0. The van der Waals surface area contributed by atoms with Gasteiger partial charge in [-0.25, -0.2) is 4.99 Å². The van der Waals surface area contributed by atoms with Gasteiger partial charge < -0.3 is 10.8 Å². The molecule has 1 aromatic heterocycles. The Morgan fingerprint density at radius 3 is 2.67 bits per heavy atom. The molecule has 0 fully saturated rings. The Morgan fingerprint density at radius 1 is 1.38 bits per heavy atom. The molecule has 0 aliphatic carbocycles. The molecule has 0 spiro atoms. The molecule has 0 radical (unpaired) electrons. The van der Waals surface area contributed by atoms with Gasteiger partial charge >= 0.3 is 0 Å². The summed E-state index contributed by atoms with van der Waals surface area (Å²) in [5.41, 5.74) is 7.94. The van der Waals surface area contributed by atoms with Crippen molar-refractivity contribution in [2.75, 3.05) is 0 Å². The van der Waals surface area contributed by atoms with Crippen LogP contribution in [0, 0.1) is 0 Å². The van der Waals surface area contributed by atoms with E-state index in [0.29, 0.717) is 28.5 Å². The molecule has 0 amide bonds. The number of nitrogens with one attached hydrogen (secondary N) is 1. The van der Waals surface area contributed by atoms with E-state index < -0.39 is 0 Å². The number of benzene rings is 1. The van der Waals surface area contributed by atoms with Crippen LogP contribution in [0.25, 0.3) is 11.4 Å². The summed E-state index contributed by atoms with van der Waals surface area (Å²) >= 11 is 5.93. The lowest BCUT2D eigenvalue weighted by molar-refractivity contribution is 0.475. The summed E-state index contributed by atoms with van der Waals surface area (Å²) in [5.74, 6) is 0.357. The summed E-state index contributed by atoms with van der Waals surface area (Å²) in [4.78, 5) is 8.30. The number of rotatable bonds is 4. The maximum atomic E-state index is 9.51. The van der Waals surface area contributed by atoms with Crippen molar-refractivity contribution in [1.82, 2.24) is 10.2 Å². The molecule has 7 heteroatoms. The average Bonchev–Trinajstić information content (AvgIpc) is 2.96. The van der Waals surface area contributed by atoms with Crippen LogP contribution in [0.4, 0.5) is 0 Å². The Balaban J connectivity index is 2.69. The molecular formula is C14H14ClN5O. The number of nitrogens with zero attached hydrogens (tertiary/aromatic N) is 3. The summed E-state index contributed by atoms with van der Waals surface area (Å²) in [6, 6.07) is 6.48. The molecule has 2 aromatic rings. The molecule has 0 aliphatic heterocycles. The molecule has 1 heterocycles. The molecule has 6 nitrogen and oxygen atoms in total. The zero-order valence-electron chi connectivity index (χ0n) is 11.3. The molecule has 0 saturated carbocycles. The van der Waals surface area contributed by atoms with Crippen molar-refractivity contribution in [3.63, 3.8) is 0 Å². The van der Waals surface area contributed by atoms with Crippen LogP contribution in [0.3, 0.4) is 0 Å². The van der Waals surface area contributed by atoms with Gasteiger partial charge in [-0.3, -0.25) is 10.1 Å². The number of aromatic nitrogens is 2.